The Labute approximate surface area is 53.6 Å². The van der Waals surface area contributed by atoms with Gasteiger partial charge in [0, 0.05) is 0 Å². The minimum Gasteiger partial charge on any atom is -0.311 e. The van der Waals surface area contributed by atoms with E-state index < -0.39 is 0 Å². The van der Waals surface area contributed by atoms with Crippen LogP contribution in [0.25, 0.3) is 0 Å². The average molecular weight is 133 g/mol. The highest BCUT2D eigenvalue weighted by atomic mass is 16.5. The van der Waals surface area contributed by atoms with Crippen LogP contribution in [-0.4, -0.2) is 52.5 Å². The van der Waals surface area contributed by atoms with Crippen LogP contribution in [0.1, 0.15) is 0 Å². The summed E-state index contributed by atoms with van der Waals surface area (Å²) in [5.41, 5.74) is 0. The van der Waals surface area contributed by atoms with Crippen molar-refractivity contribution < 1.29 is 10.4 Å². The third kappa shape index (κ3) is 1.88. The molecule has 1 saturated heterocycles. The second-order valence-corrected chi connectivity index (χ2v) is 2.29. The quantitative estimate of drug-likeness (QED) is 0.452. The molecule has 1 fully saturated rings. The van der Waals surface area contributed by atoms with Crippen LogP contribution in [-0.2, 0) is 0 Å². The van der Waals surface area contributed by atoms with Gasteiger partial charge in [-0.1, -0.05) is 0 Å². The Bertz CT molecular complexity index is 74.8. The maximum absolute atomic E-state index is 8.84. The van der Waals surface area contributed by atoms with E-state index >= 15 is 0 Å². The molecule has 0 aromatic rings. The summed E-state index contributed by atoms with van der Waals surface area (Å²) in [6.07, 6.45) is 0. The van der Waals surface area contributed by atoms with Gasteiger partial charge in [0.1, 0.15) is 6.67 Å². The summed E-state index contributed by atoms with van der Waals surface area (Å²) in [7, 11) is 1.81. The van der Waals surface area contributed by atoms with Crippen LogP contribution in [0.15, 0.2) is 0 Å². The topological polar surface area (TPSA) is 50.2 Å². The molecule has 1 aliphatic heterocycles. The lowest BCUT2D eigenvalue weighted by Crippen LogP contribution is -2.50. The molecule has 0 aromatic carbocycles. The number of nitrogens with zero attached hydrogens (tertiary/aromatic N) is 3. The summed E-state index contributed by atoms with van der Waals surface area (Å²) in [5.74, 6) is 0. The van der Waals surface area contributed by atoms with Gasteiger partial charge in [-0.25, -0.2) is 0 Å². The number of rotatable bonds is 0. The molecule has 0 saturated carbocycles. The molecule has 0 bridgehead atoms. The van der Waals surface area contributed by atoms with Gasteiger partial charge in [0.05, 0.1) is 13.3 Å². The van der Waals surface area contributed by atoms with Crippen LogP contribution < -0.4 is 0 Å². The van der Waals surface area contributed by atoms with E-state index in [0.717, 1.165) is 10.1 Å². The third-order valence-corrected chi connectivity index (χ3v) is 1.14. The second kappa shape index (κ2) is 2.59. The SMILES string of the molecule is CN1CN(O)CN(O)C1. The molecular formula is C4H11N3O2. The number of hydrogen-bond donors (Lipinski definition) is 2. The predicted molar refractivity (Wildman–Crippen MR) is 29.6 cm³/mol. The van der Waals surface area contributed by atoms with Crippen molar-refractivity contribution in [2.45, 2.75) is 0 Å². The van der Waals surface area contributed by atoms with Gasteiger partial charge in [-0.2, -0.15) is 10.1 Å². The maximum atomic E-state index is 8.84. The first kappa shape index (κ1) is 6.91. The molecule has 0 radical (unpaired) electrons. The fourth-order valence-electron chi connectivity index (χ4n) is 0.880. The molecule has 9 heavy (non-hydrogen) atoms. The van der Waals surface area contributed by atoms with Crippen LogP contribution in [0, 0.1) is 0 Å². The van der Waals surface area contributed by atoms with E-state index in [0.29, 0.717) is 13.3 Å². The molecule has 0 aromatic heterocycles. The Morgan fingerprint density at radius 1 is 1.00 bits per heavy atom. The molecule has 1 rings (SSSR count). The Hall–Kier alpha value is -0.200. The first-order chi connectivity index (χ1) is 4.18. The van der Waals surface area contributed by atoms with Gasteiger partial charge in [-0.15, -0.1) is 0 Å². The fraction of sp³-hybridized carbons (Fsp3) is 1.00. The van der Waals surface area contributed by atoms with Gasteiger partial charge >= 0.3 is 0 Å². The zero-order valence-electron chi connectivity index (χ0n) is 5.36. The Kier molecular flexibility index (Phi) is 1.99. The van der Waals surface area contributed by atoms with Gasteiger partial charge < -0.3 is 10.4 Å². The summed E-state index contributed by atoms with van der Waals surface area (Å²) in [5, 5.41) is 19.7. The van der Waals surface area contributed by atoms with Crippen LogP contribution in [0.2, 0.25) is 0 Å². The van der Waals surface area contributed by atoms with Crippen molar-refractivity contribution in [2.75, 3.05) is 27.1 Å². The fourth-order valence-corrected chi connectivity index (χ4v) is 0.880. The maximum Gasteiger partial charge on any atom is 0.102 e. The van der Waals surface area contributed by atoms with Gasteiger partial charge in [-0.3, -0.25) is 4.90 Å². The molecule has 0 amide bonds. The lowest BCUT2D eigenvalue weighted by molar-refractivity contribution is -0.266. The normalized spacial score (nSPS) is 27.0. The minimum atomic E-state index is 0.199. The monoisotopic (exact) mass is 133 g/mol. The molecule has 54 valence electrons. The van der Waals surface area contributed by atoms with E-state index in [4.69, 9.17) is 10.4 Å². The highest BCUT2D eigenvalue weighted by Crippen LogP contribution is 1.98. The van der Waals surface area contributed by atoms with Crippen LogP contribution >= 0.6 is 0 Å². The van der Waals surface area contributed by atoms with Gasteiger partial charge in [0.25, 0.3) is 0 Å². The van der Waals surface area contributed by atoms with Crippen molar-refractivity contribution in [3.63, 3.8) is 0 Å². The molecule has 1 aliphatic rings. The van der Waals surface area contributed by atoms with E-state index in [1.807, 2.05) is 7.05 Å². The van der Waals surface area contributed by atoms with Crippen molar-refractivity contribution in [3.05, 3.63) is 0 Å². The molecule has 5 nitrogen and oxygen atoms in total. The van der Waals surface area contributed by atoms with Crippen molar-refractivity contribution >= 4 is 0 Å². The summed E-state index contributed by atoms with van der Waals surface area (Å²) in [4.78, 5) is 1.78. The number of hydroxylamine groups is 4. The summed E-state index contributed by atoms with van der Waals surface area (Å²) >= 11 is 0. The zero-order valence-corrected chi connectivity index (χ0v) is 5.36. The number of hydrogen-bond acceptors (Lipinski definition) is 5. The predicted octanol–water partition coefficient (Wildman–Crippen LogP) is -0.813. The lowest BCUT2D eigenvalue weighted by Gasteiger charge is -2.33. The Morgan fingerprint density at radius 2 is 1.44 bits per heavy atom. The lowest BCUT2D eigenvalue weighted by atomic mass is 10.7. The summed E-state index contributed by atoms with van der Waals surface area (Å²) in [6, 6.07) is 0. The Morgan fingerprint density at radius 3 is 1.78 bits per heavy atom. The van der Waals surface area contributed by atoms with Crippen molar-refractivity contribution in [3.8, 4) is 0 Å². The molecule has 5 heteroatoms. The van der Waals surface area contributed by atoms with Crippen molar-refractivity contribution in [1.29, 1.82) is 0 Å². The molecule has 0 atom stereocenters. The molecule has 0 spiro atoms. The van der Waals surface area contributed by atoms with Crippen molar-refractivity contribution in [1.82, 2.24) is 15.0 Å². The van der Waals surface area contributed by atoms with Crippen molar-refractivity contribution in [2.24, 2.45) is 0 Å². The molecule has 0 aliphatic carbocycles. The third-order valence-electron chi connectivity index (χ3n) is 1.14. The van der Waals surface area contributed by atoms with Crippen LogP contribution in [0.4, 0.5) is 0 Å². The van der Waals surface area contributed by atoms with E-state index in [1.54, 1.807) is 4.90 Å². The van der Waals surface area contributed by atoms with E-state index in [2.05, 4.69) is 0 Å². The standard InChI is InChI=1S/C4H11N3O2/c1-5-2-6(8)4-7(9)3-5/h8-9H,2-4H2,1H3. The van der Waals surface area contributed by atoms with E-state index in [-0.39, 0.29) is 6.67 Å². The molecule has 2 N–H and O–H groups in total. The first-order valence-electron chi connectivity index (χ1n) is 2.74. The minimum absolute atomic E-state index is 0.199. The molecule has 0 unspecified atom stereocenters. The second-order valence-electron chi connectivity index (χ2n) is 2.29. The highest BCUT2D eigenvalue weighted by Gasteiger charge is 2.16. The smallest absolute Gasteiger partial charge is 0.102 e. The molecular weight excluding hydrogens is 122 g/mol. The zero-order chi connectivity index (χ0) is 6.85. The summed E-state index contributed by atoms with van der Waals surface area (Å²) < 4.78 is 0. The highest BCUT2D eigenvalue weighted by molar-refractivity contribution is 4.51. The van der Waals surface area contributed by atoms with Gasteiger partial charge in [-0.05, 0) is 7.05 Å². The van der Waals surface area contributed by atoms with E-state index in [1.165, 1.54) is 0 Å². The molecule has 1 heterocycles. The van der Waals surface area contributed by atoms with Gasteiger partial charge in [0.2, 0.25) is 0 Å². The van der Waals surface area contributed by atoms with E-state index in [9.17, 15) is 0 Å². The average Bonchev–Trinajstić information content (AvgIpc) is 1.59. The van der Waals surface area contributed by atoms with Crippen LogP contribution in [0.5, 0.6) is 0 Å². The Balaban J connectivity index is 2.34. The first-order valence-corrected chi connectivity index (χ1v) is 2.74. The van der Waals surface area contributed by atoms with Crippen LogP contribution in [0.3, 0.4) is 0 Å². The largest absolute Gasteiger partial charge is 0.311 e. The summed E-state index contributed by atoms with van der Waals surface area (Å²) in [6.45, 7) is 1.17. The van der Waals surface area contributed by atoms with Gasteiger partial charge in [0.15, 0.2) is 0 Å².